The molecule has 1 atom stereocenters. The number of halogens is 1. The molecule has 0 amide bonds. The zero-order chi connectivity index (χ0) is 13.3. The molecule has 0 fully saturated rings. The van der Waals surface area contributed by atoms with Gasteiger partial charge in [0.1, 0.15) is 6.04 Å². The van der Waals surface area contributed by atoms with Gasteiger partial charge in [0.25, 0.3) is 0 Å². The van der Waals surface area contributed by atoms with E-state index in [2.05, 4.69) is 0 Å². The SMILES string of the molecule is COc1cc(CC(N)C(=O)O)c(Cl)c2c1OCC2. The van der Waals surface area contributed by atoms with Crippen molar-refractivity contribution in [2.45, 2.75) is 18.9 Å². The maximum Gasteiger partial charge on any atom is 0.320 e. The fraction of sp³-hybridized carbons (Fsp3) is 0.417. The number of carbonyl (C=O) groups is 1. The molecular weight excluding hydrogens is 258 g/mol. The van der Waals surface area contributed by atoms with Gasteiger partial charge in [-0.05, 0) is 18.1 Å². The summed E-state index contributed by atoms with van der Waals surface area (Å²) in [6.07, 6.45) is 0.860. The van der Waals surface area contributed by atoms with Crippen LogP contribution in [-0.2, 0) is 17.6 Å². The number of carboxylic acids is 1. The molecule has 6 heteroatoms. The molecule has 0 saturated heterocycles. The zero-order valence-corrected chi connectivity index (χ0v) is 10.7. The molecule has 0 radical (unpaired) electrons. The van der Waals surface area contributed by atoms with E-state index in [0.29, 0.717) is 35.1 Å². The Labute approximate surface area is 109 Å². The molecule has 1 aromatic carbocycles. The molecule has 0 saturated carbocycles. The molecule has 5 nitrogen and oxygen atoms in total. The summed E-state index contributed by atoms with van der Waals surface area (Å²) in [6, 6.07) is 0.711. The van der Waals surface area contributed by atoms with E-state index in [9.17, 15) is 4.79 Å². The summed E-state index contributed by atoms with van der Waals surface area (Å²) in [5.74, 6) is 0.163. The molecule has 3 N–H and O–H groups in total. The first-order valence-corrected chi connectivity index (χ1v) is 5.91. The van der Waals surface area contributed by atoms with Gasteiger partial charge in [0.05, 0.1) is 18.7 Å². The molecule has 0 aromatic heterocycles. The lowest BCUT2D eigenvalue weighted by Crippen LogP contribution is -2.32. The fourth-order valence-electron chi connectivity index (χ4n) is 1.99. The minimum Gasteiger partial charge on any atom is -0.493 e. The normalized spacial score (nSPS) is 14.8. The summed E-state index contributed by atoms with van der Waals surface area (Å²) in [6.45, 7) is 0.555. The molecule has 0 spiro atoms. The molecule has 0 bridgehead atoms. The number of methoxy groups -OCH3 is 1. The van der Waals surface area contributed by atoms with E-state index in [0.717, 1.165) is 5.56 Å². The van der Waals surface area contributed by atoms with Crippen molar-refractivity contribution in [1.29, 1.82) is 0 Å². The average molecular weight is 272 g/mol. The third-order valence-corrected chi connectivity index (χ3v) is 3.40. The van der Waals surface area contributed by atoms with Crippen molar-refractivity contribution in [3.63, 3.8) is 0 Å². The molecule has 1 aliphatic heterocycles. The number of fused-ring (bicyclic) bond motifs is 1. The fourth-order valence-corrected chi connectivity index (χ4v) is 2.30. The van der Waals surface area contributed by atoms with Crippen LogP contribution >= 0.6 is 11.6 Å². The Kier molecular flexibility index (Phi) is 3.63. The summed E-state index contributed by atoms with van der Waals surface area (Å²) >= 11 is 6.25. The topological polar surface area (TPSA) is 81.8 Å². The highest BCUT2D eigenvalue weighted by Gasteiger charge is 2.25. The number of ether oxygens (including phenoxy) is 2. The third-order valence-electron chi connectivity index (χ3n) is 2.93. The van der Waals surface area contributed by atoms with Gasteiger partial charge in [-0.15, -0.1) is 0 Å². The van der Waals surface area contributed by atoms with Crippen LogP contribution < -0.4 is 15.2 Å². The second-order valence-corrected chi connectivity index (χ2v) is 4.48. The average Bonchev–Trinajstić information content (AvgIpc) is 2.82. The highest BCUT2D eigenvalue weighted by atomic mass is 35.5. The smallest absolute Gasteiger partial charge is 0.320 e. The Hall–Kier alpha value is -1.46. The molecule has 0 aliphatic carbocycles. The van der Waals surface area contributed by atoms with E-state index in [1.807, 2.05) is 0 Å². The number of hydrogen-bond acceptors (Lipinski definition) is 4. The molecule has 98 valence electrons. The summed E-state index contributed by atoms with van der Waals surface area (Å²) in [7, 11) is 1.53. The van der Waals surface area contributed by atoms with Crippen molar-refractivity contribution in [2.24, 2.45) is 5.73 Å². The van der Waals surface area contributed by atoms with Crippen molar-refractivity contribution in [3.05, 3.63) is 22.2 Å². The molecule has 2 rings (SSSR count). The maximum atomic E-state index is 10.8. The van der Waals surface area contributed by atoms with Gasteiger partial charge in [0, 0.05) is 12.0 Å². The first-order chi connectivity index (χ1) is 8.54. The molecule has 1 aromatic rings. The Morgan fingerprint density at radius 3 is 3.06 bits per heavy atom. The van der Waals surface area contributed by atoms with Crippen LogP contribution in [0.15, 0.2) is 6.07 Å². The Morgan fingerprint density at radius 1 is 1.72 bits per heavy atom. The van der Waals surface area contributed by atoms with Gasteiger partial charge in [-0.2, -0.15) is 0 Å². The van der Waals surface area contributed by atoms with E-state index in [-0.39, 0.29) is 6.42 Å². The number of carboxylic acid groups (broad SMARTS) is 1. The van der Waals surface area contributed by atoms with E-state index >= 15 is 0 Å². The predicted octanol–water partition coefficient (Wildman–Crippen LogP) is 1.24. The second kappa shape index (κ2) is 5.04. The Balaban J connectivity index is 2.39. The van der Waals surface area contributed by atoms with E-state index in [1.165, 1.54) is 7.11 Å². The molecule has 1 aliphatic rings. The van der Waals surface area contributed by atoms with Gasteiger partial charge in [-0.3, -0.25) is 4.79 Å². The summed E-state index contributed by atoms with van der Waals surface area (Å²) in [5, 5.41) is 9.36. The Morgan fingerprint density at radius 2 is 2.44 bits per heavy atom. The third kappa shape index (κ3) is 2.23. The minimum absolute atomic E-state index is 0.164. The van der Waals surface area contributed by atoms with E-state index < -0.39 is 12.0 Å². The largest absolute Gasteiger partial charge is 0.493 e. The molecular formula is C12H14ClNO4. The summed E-state index contributed by atoms with van der Waals surface area (Å²) in [4.78, 5) is 10.8. The highest BCUT2D eigenvalue weighted by molar-refractivity contribution is 6.32. The number of nitrogens with two attached hydrogens (primary N) is 1. The van der Waals surface area contributed by atoms with Crippen molar-refractivity contribution < 1.29 is 19.4 Å². The first kappa shape index (κ1) is 13.0. The van der Waals surface area contributed by atoms with Gasteiger partial charge in [-0.1, -0.05) is 11.6 Å². The van der Waals surface area contributed by atoms with Crippen LogP contribution in [0.2, 0.25) is 5.02 Å². The summed E-state index contributed by atoms with van der Waals surface area (Å²) in [5.41, 5.74) is 7.06. The molecule has 18 heavy (non-hydrogen) atoms. The zero-order valence-electron chi connectivity index (χ0n) is 9.90. The number of rotatable bonds is 4. The maximum absolute atomic E-state index is 10.8. The van der Waals surface area contributed by atoms with Gasteiger partial charge >= 0.3 is 5.97 Å². The van der Waals surface area contributed by atoms with Crippen LogP contribution in [0.25, 0.3) is 0 Å². The molecule has 1 unspecified atom stereocenters. The van der Waals surface area contributed by atoms with Crippen LogP contribution in [0, 0.1) is 0 Å². The quantitative estimate of drug-likeness (QED) is 0.861. The van der Waals surface area contributed by atoms with Crippen LogP contribution in [0.1, 0.15) is 11.1 Å². The van der Waals surface area contributed by atoms with Gasteiger partial charge in [0.15, 0.2) is 11.5 Å². The lowest BCUT2D eigenvalue weighted by molar-refractivity contribution is -0.138. The van der Waals surface area contributed by atoms with Crippen molar-refractivity contribution >= 4 is 17.6 Å². The van der Waals surface area contributed by atoms with E-state index in [4.69, 9.17) is 31.9 Å². The number of benzene rings is 1. The van der Waals surface area contributed by atoms with Gasteiger partial charge in [-0.25, -0.2) is 0 Å². The predicted molar refractivity (Wildman–Crippen MR) is 66.5 cm³/mol. The van der Waals surface area contributed by atoms with Crippen LogP contribution in [0.4, 0.5) is 0 Å². The van der Waals surface area contributed by atoms with Crippen LogP contribution in [0.3, 0.4) is 0 Å². The second-order valence-electron chi connectivity index (χ2n) is 4.11. The lowest BCUT2D eigenvalue weighted by atomic mass is 10.0. The van der Waals surface area contributed by atoms with Crippen LogP contribution in [-0.4, -0.2) is 30.8 Å². The van der Waals surface area contributed by atoms with Crippen molar-refractivity contribution in [1.82, 2.24) is 0 Å². The number of hydrogen-bond donors (Lipinski definition) is 2. The summed E-state index contributed by atoms with van der Waals surface area (Å²) < 4.78 is 10.7. The van der Waals surface area contributed by atoms with Crippen LogP contribution in [0.5, 0.6) is 11.5 Å². The van der Waals surface area contributed by atoms with Gasteiger partial charge in [0.2, 0.25) is 0 Å². The highest BCUT2D eigenvalue weighted by Crippen LogP contribution is 2.42. The monoisotopic (exact) mass is 271 g/mol. The Bertz CT molecular complexity index is 489. The lowest BCUT2D eigenvalue weighted by Gasteiger charge is -2.14. The first-order valence-electron chi connectivity index (χ1n) is 5.54. The van der Waals surface area contributed by atoms with Crippen molar-refractivity contribution in [2.75, 3.05) is 13.7 Å². The molecule has 1 heterocycles. The minimum atomic E-state index is -1.05. The number of aliphatic carboxylic acids is 1. The standard InChI is InChI=1S/C12H14ClNO4/c1-17-9-5-6(4-8(14)12(15)16)10(13)7-2-3-18-11(7)9/h5,8H,2-4,14H2,1H3,(H,15,16). The van der Waals surface area contributed by atoms with E-state index in [1.54, 1.807) is 6.07 Å². The van der Waals surface area contributed by atoms with Crippen molar-refractivity contribution in [3.8, 4) is 11.5 Å². The van der Waals surface area contributed by atoms with Gasteiger partial charge < -0.3 is 20.3 Å².